The predicted molar refractivity (Wildman–Crippen MR) is 47.3 cm³/mol. The summed E-state index contributed by atoms with van der Waals surface area (Å²) in [5, 5.41) is 7.32. The van der Waals surface area contributed by atoms with Gasteiger partial charge in [-0.3, -0.25) is 4.70 Å². The zero-order valence-corrected chi connectivity index (χ0v) is 7.92. The summed E-state index contributed by atoms with van der Waals surface area (Å²) in [4.78, 5) is 2.38. The van der Waals surface area contributed by atoms with E-state index in [1.54, 1.807) is 6.07 Å². The molecule has 0 radical (unpaired) electrons. The lowest BCUT2D eigenvalue weighted by atomic mass is 10.5. The molecule has 0 aliphatic carbocycles. The minimum Gasteiger partial charge on any atom is -0.304 e. The standard InChI is InChI=1S/C6H15N.C2H3N.FH/c1-4-7(5-2)6-3;1-2-3;/h4-6H2,1-3H3;1H3;1H. The second kappa shape index (κ2) is 16.2. The van der Waals surface area contributed by atoms with Crippen LogP contribution in [-0.2, 0) is 0 Å². The van der Waals surface area contributed by atoms with Gasteiger partial charge in [0.05, 0.1) is 6.07 Å². The Kier molecular flexibility index (Phi) is 24.7. The van der Waals surface area contributed by atoms with E-state index in [9.17, 15) is 0 Å². The van der Waals surface area contributed by atoms with Gasteiger partial charge < -0.3 is 4.90 Å². The maximum Gasteiger partial charge on any atom is 0.0587 e. The molecule has 0 aliphatic rings. The molecule has 0 aliphatic heterocycles. The van der Waals surface area contributed by atoms with E-state index in [0.29, 0.717) is 0 Å². The smallest absolute Gasteiger partial charge is 0.0587 e. The topological polar surface area (TPSA) is 27.0 Å². The van der Waals surface area contributed by atoms with Crippen LogP contribution in [0.3, 0.4) is 0 Å². The van der Waals surface area contributed by atoms with Crippen molar-refractivity contribution in [3.8, 4) is 6.07 Å². The van der Waals surface area contributed by atoms with E-state index in [1.165, 1.54) is 26.6 Å². The zero-order valence-electron chi connectivity index (χ0n) is 7.92. The fraction of sp³-hybridized carbons (Fsp3) is 0.875. The lowest BCUT2D eigenvalue weighted by Gasteiger charge is -2.13. The summed E-state index contributed by atoms with van der Waals surface area (Å²) in [6.07, 6.45) is 0. The first kappa shape index (κ1) is 16.8. The van der Waals surface area contributed by atoms with E-state index in [2.05, 4.69) is 25.7 Å². The van der Waals surface area contributed by atoms with Crippen molar-refractivity contribution in [1.29, 1.82) is 5.26 Å². The minimum atomic E-state index is 0. The SMILES string of the molecule is CC#N.CCN(CC)CC.F. The molecule has 0 aromatic heterocycles. The van der Waals surface area contributed by atoms with Gasteiger partial charge >= 0.3 is 0 Å². The van der Waals surface area contributed by atoms with Crippen LogP contribution in [0.2, 0.25) is 0 Å². The first-order chi connectivity index (χ1) is 4.76. The van der Waals surface area contributed by atoms with Crippen molar-refractivity contribution < 1.29 is 4.70 Å². The van der Waals surface area contributed by atoms with Crippen LogP contribution in [0.4, 0.5) is 4.70 Å². The quantitative estimate of drug-likeness (QED) is 0.635. The van der Waals surface area contributed by atoms with Gasteiger partial charge in [-0.15, -0.1) is 0 Å². The fourth-order valence-electron chi connectivity index (χ4n) is 0.671. The van der Waals surface area contributed by atoms with Crippen LogP contribution in [0.25, 0.3) is 0 Å². The van der Waals surface area contributed by atoms with Crippen LogP contribution >= 0.6 is 0 Å². The molecule has 0 atom stereocenters. The molecule has 11 heavy (non-hydrogen) atoms. The molecule has 0 aromatic rings. The molecule has 2 nitrogen and oxygen atoms in total. The molecule has 0 saturated carbocycles. The monoisotopic (exact) mass is 162 g/mol. The Morgan fingerprint density at radius 3 is 1.27 bits per heavy atom. The Morgan fingerprint density at radius 2 is 1.27 bits per heavy atom. The molecule has 0 spiro atoms. The van der Waals surface area contributed by atoms with E-state index in [0.717, 1.165) is 0 Å². The highest BCUT2D eigenvalue weighted by Gasteiger charge is 1.89. The number of nitriles is 1. The van der Waals surface area contributed by atoms with Crippen LogP contribution in [0.5, 0.6) is 0 Å². The lowest BCUT2D eigenvalue weighted by molar-refractivity contribution is 0.321. The van der Waals surface area contributed by atoms with Crippen molar-refractivity contribution in [2.75, 3.05) is 19.6 Å². The summed E-state index contributed by atoms with van der Waals surface area (Å²) < 4.78 is 0. The van der Waals surface area contributed by atoms with Gasteiger partial charge in [-0.05, 0) is 19.6 Å². The normalized spacial score (nSPS) is 7.27. The number of nitrogens with zero attached hydrogens (tertiary/aromatic N) is 2. The van der Waals surface area contributed by atoms with Gasteiger partial charge in [0.2, 0.25) is 0 Å². The number of hydrogen-bond acceptors (Lipinski definition) is 2. The van der Waals surface area contributed by atoms with Crippen molar-refractivity contribution in [3.05, 3.63) is 0 Å². The Balaban J connectivity index is -0.000000140. The maximum absolute atomic E-state index is 7.32. The number of hydrogen-bond donors (Lipinski definition) is 0. The fourth-order valence-corrected chi connectivity index (χ4v) is 0.671. The van der Waals surface area contributed by atoms with Crippen LogP contribution in [0.15, 0.2) is 0 Å². The summed E-state index contributed by atoms with van der Waals surface area (Å²) >= 11 is 0. The molecule has 0 bridgehead atoms. The maximum atomic E-state index is 7.32. The van der Waals surface area contributed by atoms with Crippen LogP contribution < -0.4 is 0 Å². The van der Waals surface area contributed by atoms with Crippen molar-refractivity contribution in [2.24, 2.45) is 0 Å². The van der Waals surface area contributed by atoms with Crippen LogP contribution in [0.1, 0.15) is 27.7 Å². The summed E-state index contributed by atoms with van der Waals surface area (Å²) in [6, 6.07) is 1.75. The molecular formula is C8H19FN2. The second-order valence-corrected chi connectivity index (χ2v) is 1.84. The van der Waals surface area contributed by atoms with E-state index < -0.39 is 0 Å². The lowest BCUT2D eigenvalue weighted by Crippen LogP contribution is -2.21. The molecule has 0 unspecified atom stereocenters. The number of halogens is 1. The molecule has 0 saturated heterocycles. The molecular weight excluding hydrogens is 143 g/mol. The largest absolute Gasteiger partial charge is 0.304 e. The summed E-state index contributed by atoms with van der Waals surface area (Å²) in [7, 11) is 0. The van der Waals surface area contributed by atoms with Gasteiger partial charge in [0.1, 0.15) is 0 Å². The van der Waals surface area contributed by atoms with Gasteiger partial charge in [-0.1, -0.05) is 20.8 Å². The molecule has 0 aromatic carbocycles. The average molecular weight is 162 g/mol. The third-order valence-corrected chi connectivity index (χ3v) is 1.34. The molecule has 0 N–H and O–H groups in total. The van der Waals surface area contributed by atoms with Crippen LogP contribution in [-0.4, -0.2) is 24.5 Å². The third-order valence-electron chi connectivity index (χ3n) is 1.34. The first-order valence-electron chi connectivity index (χ1n) is 3.79. The van der Waals surface area contributed by atoms with Gasteiger partial charge in [0, 0.05) is 6.92 Å². The van der Waals surface area contributed by atoms with Gasteiger partial charge in [0.25, 0.3) is 0 Å². The Morgan fingerprint density at radius 1 is 1.09 bits per heavy atom. The summed E-state index contributed by atoms with van der Waals surface area (Å²) in [6.45, 7) is 11.6. The zero-order chi connectivity index (χ0) is 8.41. The second-order valence-electron chi connectivity index (χ2n) is 1.84. The van der Waals surface area contributed by atoms with E-state index in [4.69, 9.17) is 5.26 Å². The molecule has 0 rings (SSSR count). The first-order valence-corrected chi connectivity index (χ1v) is 3.79. The van der Waals surface area contributed by atoms with Crippen molar-refractivity contribution in [1.82, 2.24) is 4.90 Å². The minimum absolute atomic E-state index is 0. The van der Waals surface area contributed by atoms with Crippen molar-refractivity contribution >= 4 is 0 Å². The number of rotatable bonds is 3. The highest BCUT2D eigenvalue weighted by atomic mass is 19.0. The summed E-state index contributed by atoms with van der Waals surface area (Å²) in [5.41, 5.74) is 0. The Hall–Kier alpha value is -0.620. The predicted octanol–water partition coefficient (Wildman–Crippen LogP) is 2.03. The van der Waals surface area contributed by atoms with Gasteiger partial charge in [-0.2, -0.15) is 5.26 Å². The summed E-state index contributed by atoms with van der Waals surface area (Å²) in [5.74, 6) is 0. The van der Waals surface area contributed by atoms with Crippen LogP contribution in [0, 0.1) is 11.3 Å². The molecule has 0 amide bonds. The Bertz CT molecular complexity index is 79.1. The van der Waals surface area contributed by atoms with Gasteiger partial charge in [-0.25, -0.2) is 0 Å². The molecule has 0 fully saturated rings. The molecule has 3 heteroatoms. The average Bonchev–Trinajstić information content (AvgIpc) is 1.93. The van der Waals surface area contributed by atoms with E-state index in [1.807, 2.05) is 0 Å². The van der Waals surface area contributed by atoms with Crippen molar-refractivity contribution in [2.45, 2.75) is 27.7 Å². The molecule has 68 valence electrons. The van der Waals surface area contributed by atoms with E-state index >= 15 is 0 Å². The van der Waals surface area contributed by atoms with Crippen molar-refractivity contribution in [3.63, 3.8) is 0 Å². The third kappa shape index (κ3) is 17.7. The highest BCUT2D eigenvalue weighted by Crippen LogP contribution is 1.81. The Labute approximate surface area is 69.2 Å². The van der Waals surface area contributed by atoms with E-state index in [-0.39, 0.29) is 4.70 Å². The highest BCUT2D eigenvalue weighted by molar-refractivity contribution is 4.51. The van der Waals surface area contributed by atoms with Gasteiger partial charge in [0.15, 0.2) is 0 Å². The molecule has 0 heterocycles.